The lowest BCUT2D eigenvalue weighted by Crippen LogP contribution is -2.26. The van der Waals surface area contributed by atoms with E-state index in [1.165, 1.54) is 42.6 Å². The third-order valence-electron chi connectivity index (χ3n) is 3.88. The number of hydrogen-bond acceptors (Lipinski definition) is 9. The lowest BCUT2D eigenvalue weighted by atomic mass is 10.3. The molecule has 0 radical (unpaired) electrons. The third-order valence-corrected chi connectivity index (χ3v) is 6.25. The largest absolute Gasteiger partial charge is 0.497 e. The maximum atomic E-state index is 12.4. The Balaban J connectivity index is 1.65. The molecule has 1 aromatic carbocycles. The minimum Gasteiger partial charge on any atom is -0.497 e. The van der Waals surface area contributed by atoms with Gasteiger partial charge >= 0.3 is 5.97 Å². The minimum absolute atomic E-state index is 0.121. The monoisotopic (exact) mass is 437 g/mol. The molecule has 0 unspecified atom stereocenters. The highest BCUT2D eigenvalue weighted by Crippen LogP contribution is 2.17. The van der Waals surface area contributed by atoms with Crippen LogP contribution in [0, 0.1) is 0 Å². The van der Waals surface area contributed by atoms with E-state index in [2.05, 4.69) is 24.8 Å². The summed E-state index contributed by atoms with van der Waals surface area (Å²) >= 11 is 1.22. The molecule has 3 aromatic rings. The average molecular weight is 438 g/mol. The topological polar surface area (TPSA) is 125 Å². The van der Waals surface area contributed by atoms with Gasteiger partial charge in [0.25, 0.3) is 0 Å². The van der Waals surface area contributed by atoms with Crippen LogP contribution in [0.25, 0.3) is 5.65 Å². The Morgan fingerprint density at radius 1 is 1.14 bits per heavy atom. The molecule has 12 heteroatoms. The van der Waals surface area contributed by atoms with Crippen molar-refractivity contribution in [2.45, 2.75) is 16.3 Å². The quantitative estimate of drug-likeness (QED) is 0.384. The van der Waals surface area contributed by atoms with Gasteiger partial charge in [0.2, 0.25) is 10.0 Å². The number of methoxy groups -OCH3 is 2. The van der Waals surface area contributed by atoms with Crippen molar-refractivity contribution in [2.24, 2.45) is 0 Å². The van der Waals surface area contributed by atoms with E-state index in [9.17, 15) is 13.2 Å². The number of nitrogens with zero attached hydrogens (tertiary/aromatic N) is 4. The van der Waals surface area contributed by atoms with Crippen LogP contribution in [-0.4, -0.2) is 60.7 Å². The fourth-order valence-corrected chi connectivity index (χ4v) is 4.10. The molecule has 0 aliphatic rings. The summed E-state index contributed by atoms with van der Waals surface area (Å²) in [7, 11) is -0.824. The molecule has 0 spiro atoms. The van der Waals surface area contributed by atoms with E-state index in [0.717, 1.165) is 0 Å². The van der Waals surface area contributed by atoms with Crippen molar-refractivity contribution in [1.29, 1.82) is 0 Å². The van der Waals surface area contributed by atoms with Crippen molar-refractivity contribution in [1.82, 2.24) is 24.5 Å². The summed E-state index contributed by atoms with van der Waals surface area (Å²) in [6.07, 6.45) is 0.286. The second kappa shape index (κ2) is 9.20. The number of fused-ring (bicyclic) bond motifs is 1. The van der Waals surface area contributed by atoms with Gasteiger partial charge in [-0.25, -0.2) is 13.1 Å². The van der Waals surface area contributed by atoms with Crippen LogP contribution >= 0.6 is 11.8 Å². The molecule has 0 aliphatic carbocycles. The highest BCUT2D eigenvalue weighted by atomic mass is 32.2. The standard InChI is InChI=1S/C17H19N5O5S2/c1-26-12-3-5-13(6-4-12)29(24,25)18-10-9-15-20-19-14-7-8-16(21-22(14)15)28-11-17(23)27-2/h3-8,18H,9-11H2,1-2H3. The molecule has 0 bridgehead atoms. The lowest BCUT2D eigenvalue weighted by Gasteiger charge is -2.07. The molecule has 0 amide bonds. The van der Waals surface area contributed by atoms with Gasteiger partial charge in [0, 0.05) is 13.0 Å². The molecule has 1 N–H and O–H groups in total. The van der Waals surface area contributed by atoms with Gasteiger partial charge in [0.15, 0.2) is 11.5 Å². The zero-order valence-electron chi connectivity index (χ0n) is 15.7. The predicted octanol–water partition coefficient (Wildman–Crippen LogP) is 0.919. The van der Waals surface area contributed by atoms with Gasteiger partial charge in [-0.05, 0) is 36.4 Å². The summed E-state index contributed by atoms with van der Waals surface area (Å²) in [6.45, 7) is 0.121. The first kappa shape index (κ1) is 21.0. The Hall–Kier alpha value is -2.70. The zero-order valence-corrected chi connectivity index (χ0v) is 17.4. The number of carbonyl (C=O) groups is 1. The maximum Gasteiger partial charge on any atom is 0.316 e. The molecule has 10 nitrogen and oxygen atoms in total. The van der Waals surface area contributed by atoms with E-state index in [1.54, 1.807) is 24.3 Å². The predicted molar refractivity (Wildman–Crippen MR) is 105 cm³/mol. The Labute approximate surface area is 171 Å². The number of thioether (sulfide) groups is 1. The summed E-state index contributed by atoms with van der Waals surface area (Å²) in [5, 5.41) is 13.1. The number of nitrogens with one attached hydrogen (secondary N) is 1. The molecule has 0 saturated carbocycles. The van der Waals surface area contributed by atoms with Crippen molar-refractivity contribution in [2.75, 3.05) is 26.5 Å². The number of esters is 1. The Kier molecular flexibility index (Phi) is 6.67. The molecule has 154 valence electrons. The van der Waals surface area contributed by atoms with Gasteiger partial charge in [-0.3, -0.25) is 4.79 Å². The van der Waals surface area contributed by atoms with E-state index < -0.39 is 10.0 Å². The van der Waals surface area contributed by atoms with Gasteiger partial charge in [-0.15, -0.1) is 10.2 Å². The first-order valence-electron chi connectivity index (χ1n) is 8.47. The smallest absolute Gasteiger partial charge is 0.316 e. The fraction of sp³-hybridized carbons (Fsp3) is 0.294. The van der Waals surface area contributed by atoms with Gasteiger partial charge in [0.1, 0.15) is 10.8 Å². The summed E-state index contributed by atoms with van der Waals surface area (Å²) in [5.41, 5.74) is 0.528. The third kappa shape index (κ3) is 5.22. The van der Waals surface area contributed by atoms with Crippen LogP contribution in [-0.2, 0) is 26.0 Å². The van der Waals surface area contributed by atoms with Crippen LogP contribution in [0.15, 0.2) is 46.3 Å². The molecule has 3 rings (SSSR count). The van der Waals surface area contributed by atoms with E-state index in [-0.39, 0.29) is 29.6 Å². The molecule has 29 heavy (non-hydrogen) atoms. The summed E-state index contributed by atoms with van der Waals surface area (Å²) in [6, 6.07) is 9.56. The van der Waals surface area contributed by atoms with Crippen molar-refractivity contribution in [3.63, 3.8) is 0 Å². The molecule has 0 saturated heterocycles. The lowest BCUT2D eigenvalue weighted by molar-refractivity contribution is -0.137. The Bertz CT molecular complexity index is 1100. The zero-order chi connectivity index (χ0) is 20.9. The Morgan fingerprint density at radius 3 is 2.59 bits per heavy atom. The van der Waals surface area contributed by atoms with Crippen LogP contribution in [0.3, 0.4) is 0 Å². The second-order valence-electron chi connectivity index (χ2n) is 5.75. The normalized spacial score (nSPS) is 11.5. The molecular formula is C17H19N5O5S2. The fourth-order valence-electron chi connectivity index (χ4n) is 2.38. The number of aromatic nitrogens is 4. The van der Waals surface area contributed by atoms with Crippen LogP contribution in [0.5, 0.6) is 5.75 Å². The average Bonchev–Trinajstić information content (AvgIpc) is 3.14. The molecular weight excluding hydrogens is 418 g/mol. The number of benzene rings is 1. The molecule has 0 atom stereocenters. The Morgan fingerprint density at radius 2 is 1.90 bits per heavy atom. The highest BCUT2D eigenvalue weighted by Gasteiger charge is 2.15. The SMILES string of the molecule is COC(=O)CSc1ccc2nnc(CCNS(=O)(=O)c3ccc(OC)cc3)n2n1. The van der Waals surface area contributed by atoms with Gasteiger partial charge in [-0.1, -0.05) is 11.8 Å². The van der Waals surface area contributed by atoms with Crippen molar-refractivity contribution in [3.05, 3.63) is 42.2 Å². The van der Waals surface area contributed by atoms with Crippen LogP contribution in [0.2, 0.25) is 0 Å². The van der Waals surface area contributed by atoms with Crippen LogP contribution in [0.4, 0.5) is 0 Å². The van der Waals surface area contributed by atoms with Crippen LogP contribution in [0.1, 0.15) is 5.82 Å². The first-order valence-corrected chi connectivity index (χ1v) is 10.9. The number of rotatable bonds is 9. The molecule has 0 fully saturated rings. The maximum absolute atomic E-state index is 12.4. The molecule has 0 aliphatic heterocycles. The first-order chi connectivity index (χ1) is 13.9. The number of ether oxygens (including phenoxy) is 2. The van der Waals surface area contributed by atoms with E-state index >= 15 is 0 Å². The van der Waals surface area contributed by atoms with E-state index in [0.29, 0.717) is 22.2 Å². The minimum atomic E-state index is -3.66. The number of hydrogen-bond donors (Lipinski definition) is 1. The number of carbonyl (C=O) groups excluding carboxylic acids is 1. The summed E-state index contributed by atoms with van der Waals surface area (Å²) in [5.74, 6) is 0.853. The molecule has 2 heterocycles. The van der Waals surface area contributed by atoms with Crippen LogP contribution < -0.4 is 9.46 Å². The van der Waals surface area contributed by atoms with Crippen molar-refractivity contribution < 1.29 is 22.7 Å². The van der Waals surface area contributed by atoms with E-state index in [4.69, 9.17) is 4.74 Å². The van der Waals surface area contributed by atoms with E-state index in [1.807, 2.05) is 0 Å². The highest BCUT2D eigenvalue weighted by molar-refractivity contribution is 7.99. The number of sulfonamides is 1. The van der Waals surface area contributed by atoms with Crippen molar-refractivity contribution in [3.8, 4) is 5.75 Å². The molecule has 2 aromatic heterocycles. The summed E-state index contributed by atoms with van der Waals surface area (Å²) < 4.78 is 38.5. The second-order valence-corrected chi connectivity index (χ2v) is 8.51. The summed E-state index contributed by atoms with van der Waals surface area (Å²) in [4.78, 5) is 11.4. The van der Waals surface area contributed by atoms with Crippen molar-refractivity contribution >= 4 is 33.4 Å². The van der Waals surface area contributed by atoms with Gasteiger partial charge in [-0.2, -0.15) is 9.61 Å². The van der Waals surface area contributed by atoms with Gasteiger partial charge < -0.3 is 9.47 Å². The van der Waals surface area contributed by atoms with Gasteiger partial charge in [0.05, 0.1) is 24.9 Å².